The Morgan fingerprint density at radius 1 is 1.35 bits per heavy atom. The van der Waals surface area contributed by atoms with Crippen molar-refractivity contribution in [3.63, 3.8) is 0 Å². The van der Waals surface area contributed by atoms with Gasteiger partial charge >= 0.3 is 0 Å². The summed E-state index contributed by atoms with van der Waals surface area (Å²) in [7, 11) is 4.01. The van der Waals surface area contributed by atoms with E-state index in [4.69, 9.17) is 0 Å². The van der Waals surface area contributed by atoms with Gasteiger partial charge in [-0.2, -0.15) is 5.26 Å². The van der Waals surface area contributed by atoms with E-state index < -0.39 is 5.54 Å². The third-order valence-electron chi connectivity index (χ3n) is 4.18. The van der Waals surface area contributed by atoms with E-state index in [-0.39, 0.29) is 0 Å². The van der Waals surface area contributed by atoms with Gasteiger partial charge in [0.25, 0.3) is 0 Å². The maximum Gasteiger partial charge on any atom is 0.133 e. The van der Waals surface area contributed by atoms with E-state index in [2.05, 4.69) is 37.2 Å². The second-order valence-electron chi connectivity index (χ2n) is 5.50. The van der Waals surface area contributed by atoms with Crippen molar-refractivity contribution in [3.8, 4) is 6.07 Å². The van der Waals surface area contributed by atoms with Crippen molar-refractivity contribution in [3.05, 3.63) is 35.9 Å². The molecule has 110 valence electrons. The van der Waals surface area contributed by atoms with Gasteiger partial charge in [-0.05, 0) is 39.4 Å². The van der Waals surface area contributed by atoms with Gasteiger partial charge < -0.3 is 4.90 Å². The van der Waals surface area contributed by atoms with Crippen molar-refractivity contribution >= 4 is 0 Å². The minimum atomic E-state index is -0.596. The monoisotopic (exact) mass is 273 g/mol. The molecule has 1 aromatic rings. The minimum Gasteiger partial charge on any atom is -0.304 e. The molecule has 2 unspecified atom stereocenters. The third-order valence-corrected chi connectivity index (χ3v) is 4.18. The maximum absolute atomic E-state index is 9.65. The van der Waals surface area contributed by atoms with Gasteiger partial charge in [-0.25, -0.2) is 0 Å². The number of nitrogens with zero attached hydrogens (tertiary/aromatic N) is 2. The summed E-state index contributed by atoms with van der Waals surface area (Å²) >= 11 is 0. The van der Waals surface area contributed by atoms with E-state index in [1.54, 1.807) is 0 Å². The molecule has 0 heterocycles. The van der Waals surface area contributed by atoms with Crippen molar-refractivity contribution in [2.24, 2.45) is 0 Å². The Labute approximate surface area is 123 Å². The van der Waals surface area contributed by atoms with Crippen LogP contribution in [0.3, 0.4) is 0 Å². The zero-order chi connectivity index (χ0) is 15.0. The minimum absolute atomic E-state index is 0.559. The average Bonchev–Trinajstić information content (AvgIpc) is 2.50. The van der Waals surface area contributed by atoms with E-state index in [1.807, 2.05) is 37.4 Å². The summed E-state index contributed by atoms with van der Waals surface area (Å²) in [5.74, 6) is 0. The van der Waals surface area contributed by atoms with E-state index in [0.717, 1.165) is 18.5 Å². The topological polar surface area (TPSA) is 39.1 Å². The Balaban J connectivity index is 2.77. The van der Waals surface area contributed by atoms with E-state index in [1.165, 1.54) is 12.8 Å². The van der Waals surface area contributed by atoms with Gasteiger partial charge in [0.2, 0.25) is 0 Å². The Kier molecular flexibility index (Phi) is 6.70. The van der Waals surface area contributed by atoms with Gasteiger partial charge in [-0.3, -0.25) is 5.32 Å². The zero-order valence-corrected chi connectivity index (χ0v) is 13.2. The molecule has 0 spiro atoms. The Morgan fingerprint density at radius 2 is 2.00 bits per heavy atom. The molecule has 3 nitrogen and oxygen atoms in total. The highest BCUT2D eigenvalue weighted by Gasteiger charge is 2.30. The lowest BCUT2D eigenvalue weighted by Gasteiger charge is -2.31. The van der Waals surface area contributed by atoms with Crippen LogP contribution in [0.4, 0.5) is 0 Å². The molecule has 0 aliphatic rings. The summed E-state index contributed by atoms with van der Waals surface area (Å²) < 4.78 is 0. The molecule has 0 aliphatic heterocycles. The largest absolute Gasteiger partial charge is 0.304 e. The van der Waals surface area contributed by atoms with Gasteiger partial charge in [0.15, 0.2) is 0 Å². The average molecular weight is 273 g/mol. The number of nitrogens with one attached hydrogen (secondary N) is 1. The van der Waals surface area contributed by atoms with Crippen LogP contribution in [0.15, 0.2) is 30.3 Å². The quantitative estimate of drug-likeness (QED) is 0.791. The predicted octanol–water partition coefficient (Wildman–Crippen LogP) is 3.14. The fourth-order valence-corrected chi connectivity index (χ4v) is 2.52. The molecule has 0 saturated carbocycles. The fourth-order valence-electron chi connectivity index (χ4n) is 2.52. The van der Waals surface area contributed by atoms with Crippen LogP contribution >= 0.6 is 0 Å². The first kappa shape index (κ1) is 16.7. The van der Waals surface area contributed by atoms with Gasteiger partial charge in [0, 0.05) is 12.6 Å². The normalized spacial score (nSPS) is 15.6. The van der Waals surface area contributed by atoms with E-state index in [0.29, 0.717) is 6.04 Å². The van der Waals surface area contributed by atoms with Gasteiger partial charge in [0.1, 0.15) is 5.54 Å². The van der Waals surface area contributed by atoms with Crippen molar-refractivity contribution in [2.45, 2.75) is 44.7 Å². The maximum atomic E-state index is 9.65. The highest BCUT2D eigenvalue weighted by molar-refractivity contribution is 5.31. The molecule has 1 aromatic carbocycles. The molecule has 20 heavy (non-hydrogen) atoms. The molecule has 0 bridgehead atoms. The van der Waals surface area contributed by atoms with Crippen molar-refractivity contribution in [1.29, 1.82) is 5.26 Å². The van der Waals surface area contributed by atoms with Crippen molar-refractivity contribution in [2.75, 3.05) is 20.6 Å². The molecular formula is C17H27N3. The van der Waals surface area contributed by atoms with Crippen molar-refractivity contribution < 1.29 is 0 Å². The number of hydrogen-bond donors (Lipinski definition) is 1. The van der Waals surface area contributed by atoms with Gasteiger partial charge in [0.05, 0.1) is 6.07 Å². The third kappa shape index (κ3) is 4.06. The molecular weight excluding hydrogens is 246 g/mol. The molecule has 1 N–H and O–H groups in total. The first-order valence-corrected chi connectivity index (χ1v) is 7.45. The summed E-state index contributed by atoms with van der Waals surface area (Å²) in [5.41, 5.74) is 0.447. The summed E-state index contributed by atoms with van der Waals surface area (Å²) in [6.07, 6.45) is 3.18. The lowest BCUT2D eigenvalue weighted by molar-refractivity contribution is 0.221. The molecule has 0 fully saturated rings. The standard InChI is InChI=1S/C17H27N3/c1-5-9-15(2)20(4)13-12-17(14-18,19-3)16-10-7-6-8-11-16/h6-8,10-11,15,19H,5,9,12-13H2,1-4H3. The van der Waals surface area contributed by atoms with E-state index >= 15 is 0 Å². The second-order valence-corrected chi connectivity index (χ2v) is 5.50. The number of rotatable bonds is 8. The molecule has 1 rings (SSSR count). The Morgan fingerprint density at radius 3 is 2.50 bits per heavy atom. The van der Waals surface area contributed by atoms with E-state index in [9.17, 15) is 5.26 Å². The van der Waals surface area contributed by atoms with Crippen LogP contribution in [0.25, 0.3) is 0 Å². The molecule has 0 radical (unpaired) electrons. The molecule has 0 saturated heterocycles. The molecule has 3 heteroatoms. The van der Waals surface area contributed by atoms with Crippen LogP contribution in [0, 0.1) is 11.3 Å². The predicted molar refractivity (Wildman–Crippen MR) is 84.4 cm³/mol. The zero-order valence-electron chi connectivity index (χ0n) is 13.2. The first-order valence-electron chi connectivity index (χ1n) is 7.45. The van der Waals surface area contributed by atoms with Gasteiger partial charge in [-0.15, -0.1) is 0 Å². The molecule has 0 amide bonds. The van der Waals surface area contributed by atoms with Crippen LogP contribution in [0.2, 0.25) is 0 Å². The molecule has 0 aliphatic carbocycles. The summed E-state index contributed by atoms with van der Waals surface area (Å²) in [6.45, 7) is 5.37. The van der Waals surface area contributed by atoms with Crippen LogP contribution in [0.1, 0.15) is 38.7 Å². The molecule has 0 aromatic heterocycles. The smallest absolute Gasteiger partial charge is 0.133 e. The van der Waals surface area contributed by atoms with Crippen LogP contribution in [-0.4, -0.2) is 31.6 Å². The first-order chi connectivity index (χ1) is 9.59. The Hall–Kier alpha value is -1.37. The molecule has 2 atom stereocenters. The van der Waals surface area contributed by atoms with Crippen molar-refractivity contribution in [1.82, 2.24) is 10.2 Å². The van der Waals surface area contributed by atoms with Crippen LogP contribution < -0.4 is 5.32 Å². The SMILES string of the molecule is CCCC(C)N(C)CCC(C#N)(NC)c1ccccc1. The van der Waals surface area contributed by atoms with Gasteiger partial charge in [-0.1, -0.05) is 43.7 Å². The summed E-state index contributed by atoms with van der Waals surface area (Å²) in [4.78, 5) is 2.34. The fraction of sp³-hybridized carbons (Fsp3) is 0.588. The highest BCUT2D eigenvalue weighted by Crippen LogP contribution is 2.24. The number of hydrogen-bond acceptors (Lipinski definition) is 3. The summed E-state index contributed by atoms with van der Waals surface area (Å²) in [6, 6.07) is 13.0. The summed E-state index contributed by atoms with van der Waals surface area (Å²) in [5, 5.41) is 12.9. The van der Waals surface area contributed by atoms with Crippen LogP contribution in [-0.2, 0) is 5.54 Å². The highest BCUT2D eigenvalue weighted by atomic mass is 15.1. The second kappa shape index (κ2) is 8.04. The lowest BCUT2D eigenvalue weighted by Crippen LogP contribution is -2.42. The van der Waals surface area contributed by atoms with Crippen LogP contribution in [0.5, 0.6) is 0 Å². The number of nitriles is 1. The lowest BCUT2D eigenvalue weighted by atomic mass is 9.88. The Bertz CT molecular complexity index is 424. The number of benzene rings is 1.